The highest BCUT2D eigenvalue weighted by Crippen LogP contribution is 2.36. The molecule has 0 saturated heterocycles. The summed E-state index contributed by atoms with van der Waals surface area (Å²) in [5.41, 5.74) is 1.90. The largest absolute Gasteiger partial charge is 0.481 e. The molecular formula is C21H20O6. The van der Waals surface area contributed by atoms with E-state index in [1.165, 1.54) is 0 Å². The third-order valence-electron chi connectivity index (χ3n) is 4.95. The molecule has 6 heteroatoms. The number of carbonyl (C=O) groups excluding carboxylic acids is 2. The quantitative estimate of drug-likeness (QED) is 0.600. The zero-order chi connectivity index (χ0) is 19.4. The molecule has 2 N–H and O–H groups in total. The maximum atomic E-state index is 12.7. The minimum absolute atomic E-state index is 0.113. The third-order valence-corrected chi connectivity index (χ3v) is 4.95. The van der Waals surface area contributed by atoms with Gasteiger partial charge in [-0.1, -0.05) is 48.5 Å². The number of ether oxygens (including phenoxy) is 1. The molecule has 0 bridgehead atoms. The second-order valence-corrected chi connectivity index (χ2v) is 6.64. The summed E-state index contributed by atoms with van der Waals surface area (Å²) in [5, 5.41) is 19.4. The van der Waals surface area contributed by atoms with E-state index in [-0.39, 0.29) is 12.8 Å². The van der Waals surface area contributed by atoms with Gasteiger partial charge in [-0.05, 0) is 23.6 Å². The SMILES string of the molecule is O=C[C@H]1CC(OC(=O)c2ccccc2-c2ccccc2)[C@H](O)[C@@H]1CC(=O)O. The number of aldehydes is 1. The number of hydrogen-bond donors (Lipinski definition) is 2. The van der Waals surface area contributed by atoms with Gasteiger partial charge in [0.1, 0.15) is 12.4 Å². The van der Waals surface area contributed by atoms with Crippen LogP contribution in [0.3, 0.4) is 0 Å². The van der Waals surface area contributed by atoms with Crippen molar-refractivity contribution in [3.05, 3.63) is 60.2 Å². The second kappa shape index (κ2) is 8.14. The average Bonchev–Trinajstić information content (AvgIpc) is 2.97. The molecule has 1 aliphatic carbocycles. The number of benzene rings is 2. The summed E-state index contributed by atoms with van der Waals surface area (Å²) >= 11 is 0. The Morgan fingerprint density at radius 3 is 2.41 bits per heavy atom. The molecule has 4 atom stereocenters. The first kappa shape index (κ1) is 18.8. The maximum absolute atomic E-state index is 12.7. The number of carboxylic acid groups (broad SMARTS) is 1. The lowest BCUT2D eigenvalue weighted by molar-refractivity contribution is -0.139. The summed E-state index contributed by atoms with van der Waals surface area (Å²) < 4.78 is 5.47. The van der Waals surface area contributed by atoms with Crippen molar-refractivity contribution in [1.29, 1.82) is 0 Å². The molecule has 1 aliphatic rings. The van der Waals surface area contributed by atoms with E-state index in [0.717, 1.165) is 5.56 Å². The summed E-state index contributed by atoms with van der Waals surface area (Å²) in [5.74, 6) is -3.13. The van der Waals surface area contributed by atoms with Crippen molar-refractivity contribution in [2.75, 3.05) is 0 Å². The molecule has 0 aromatic heterocycles. The summed E-state index contributed by atoms with van der Waals surface area (Å²) in [6.45, 7) is 0. The molecular weight excluding hydrogens is 348 g/mol. The Bertz CT molecular complexity index is 832. The molecule has 0 aliphatic heterocycles. The minimum atomic E-state index is -1.19. The first-order valence-electron chi connectivity index (χ1n) is 8.72. The maximum Gasteiger partial charge on any atom is 0.339 e. The van der Waals surface area contributed by atoms with Crippen molar-refractivity contribution in [1.82, 2.24) is 0 Å². The van der Waals surface area contributed by atoms with Crippen LogP contribution in [0.2, 0.25) is 0 Å². The number of carbonyl (C=O) groups is 3. The van der Waals surface area contributed by atoms with Gasteiger partial charge >= 0.3 is 11.9 Å². The number of carboxylic acids is 1. The van der Waals surface area contributed by atoms with Crippen LogP contribution in [0.25, 0.3) is 11.1 Å². The lowest BCUT2D eigenvalue weighted by atomic mass is 9.93. The van der Waals surface area contributed by atoms with Crippen LogP contribution in [0.1, 0.15) is 23.2 Å². The molecule has 0 heterocycles. The Balaban J connectivity index is 1.80. The molecule has 3 rings (SSSR count). The molecule has 1 fully saturated rings. The molecule has 27 heavy (non-hydrogen) atoms. The van der Waals surface area contributed by atoms with Crippen LogP contribution in [-0.4, -0.2) is 40.6 Å². The van der Waals surface area contributed by atoms with E-state index in [0.29, 0.717) is 17.4 Å². The lowest BCUT2D eigenvalue weighted by Crippen LogP contribution is -2.31. The zero-order valence-electron chi connectivity index (χ0n) is 14.5. The van der Waals surface area contributed by atoms with Crippen LogP contribution in [0.15, 0.2) is 54.6 Å². The van der Waals surface area contributed by atoms with Crippen molar-refractivity contribution in [3.8, 4) is 11.1 Å². The van der Waals surface area contributed by atoms with Crippen molar-refractivity contribution in [2.45, 2.75) is 25.0 Å². The van der Waals surface area contributed by atoms with E-state index in [4.69, 9.17) is 9.84 Å². The molecule has 2 aromatic carbocycles. The number of aliphatic hydroxyl groups excluding tert-OH is 1. The van der Waals surface area contributed by atoms with E-state index < -0.39 is 36.0 Å². The van der Waals surface area contributed by atoms with Gasteiger partial charge in [0, 0.05) is 11.8 Å². The highest BCUT2D eigenvalue weighted by Gasteiger charge is 2.45. The molecule has 140 valence electrons. The number of hydrogen-bond acceptors (Lipinski definition) is 5. The molecule has 1 saturated carbocycles. The smallest absolute Gasteiger partial charge is 0.339 e. The fourth-order valence-corrected chi connectivity index (χ4v) is 3.59. The number of aliphatic carboxylic acids is 1. The predicted octanol–water partition coefficient (Wildman–Crippen LogP) is 2.55. The Hall–Kier alpha value is -2.99. The van der Waals surface area contributed by atoms with Gasteiger partial charge in [0.2, 0.25) is 0 Å². The fourth-order valence-electron chi connectivity index (χ4n) is 3.59. The van der Waals surface area contributed by atoms with Gasteiger partial charge in [-0.25, -0.2) is 4.79 Å². The van der Waals surface area contributed by atoms with Gasteiger partial charge in [-0.15, -0.1) is 0 Å². The molecule has 0 spiro atoms. The second-order valence-electron chi connectivity index (χ2n) is 6.64. The average molecular weight is 368 g/mol. The normalized spacial score (nSPS) is 24.3. The summed E-state index contributed by atoms with van der Waals surface area (Å²) in [6, 6.07) is 16.3. The van der Waals surface area contributed by atoms with Crippen LogP contribution in [0.4, 0.5) is 0 Å². The predicted molar refractivity (Wildman–Crippen MR) is 97.0 cm³/mol. The monoisotopic (exact) mass is 368 g/mol. The topological polar surface area (TPSA) is 101 Å². The van der Waals surface area contributed by atoms with Gasteiger partial charge in [0.25, 0.3) is 0 Å². The van der Waals surface area contributed by atoms with Gasteiger partial charge < -0.3 is 19.7 Å². The zero-order valence-corrected chi connectivity index (χ0v) is 14.5. The van der Waals surface area contributed by atoms with E-state index in [1.807, 2.05) is 36.4 Å². The molecule has 0 radical (unpaired) electrons. The van der Waals surface area contributed by atoms with Crippen molar-refractivity contribution in [2.24, 2.45) is 11.8 Å². The third kappa shape index (κ3) is 4.06. The van der Waals surface area contributed by atoms with Gasteiger partial charge in [0.05, 0.1) is 18.1 Å². The van der Waals surface area contributed by atoms with E-state index in [1.54, 1.807) is 18.2 Å². The Morgan fingerprint density at radius 1 is 1.07 bits per heavy atom. The Kier molecular flexibility index (Phi) is 5.66. The first-order chi connectivity index (χ1) is 13.0. The Labute approximate surface area is 156 Å². The van der Waals surface area contributed by atoms with Crippen molar-refractivity contribution in [3.63, 3.8) is 0 Å². The minimum Gasteiger partial charge on any atom is -0.481 e. The summed E-state index contributed by atoms with van der Waals surface area (Å²) in [6.07, 6.45) is -1.71. The summed E-state index contributed by atoms with van der Waals surface area (Å²) in [7, 11) is 0. The van der Waals surface area contributed by atoms with Crippen LogP contribution in [0.5, 0.6) is 0 Å². The van der Waals surface area contributed by atoms with Gasteiger partial charge in [-0.2, -0.15) is 0 Å². The standard InChI is InChI=1S/C21H20O6/c22-12-14-10-18(20(25)17(14)11-19(23)24)27-21(26)16-9-5-4-8-15(16)13-6-2-1-3-7-13/h1-9,12,14,17-18,20,25H,10-11H2,(H,23,24)/t14-,17-,18?,20-/m1/s1. The first-order valence-corrected chi connectivity index (χ1v) is 8.72. The van der Waals surface area contributed by atoms with E-state index >= 15 is 0 Å². The molecule has 6 nitrogen and oxygen atoms in total. The van der Waals surface area contributed by atoms with Gasteiger partial charge in [0.15, 0.2) is 0 Å². The highest BCUT2D eigenvalue weighted by molar-refractivity contribution is 5.97. The lowest BCUT2D eigenvalue weighted by Gasteiger charge is -2.20. The van der Waals surface area contributed by atoms with Crippen LogP contribution >= 0.6 is 0 Å². The van der Waals surface area contributed by atoms with Crippen LogP contribution in [0, 0.1) is 11.8 Å². The van der Waals surface area contributed by atoms with Gasteiger partial charge in [-0.3, -0.25) is 4.79 Å². The fraction of sp³-hybridized carbons (Fsp3) is 0.286. The van der Waals surface area contributed by atoms with Crippen LogP contribution < -0.4 is 0 Å². The number of rotatable bonds is 6. The molecule has 1 unspecified atom stereocenters. The van der Waals surface area contributed by atoms with E-state index in [9.17, 15) is 19.5 Å². The molecule has 2 aromatic rings. The van der Waals surface area contributed by atoms with Crippen LogP contribution in [-0.2, 0) is 14.3 Å². The van der Waals surface area contributed by atoms with E-state index in [2.05, 4.69) is 0 Å². The summed E-state index contributed by atoms with van der Waals surface area (Å²) in [4.78, 5) is 34.9. The Morgan fingerprint density at radius 2 is 1.74 bits per heavy atom. The number of esters is 1. The number of aliphatic hydroxyl groups is 1. The highest BCUT2D eigenvalue weighted by atomic mass is 16.6. The van der Waals surface area contributed by atoms with Crippen molar-refractivity contribution >= 4 is 18.2 Å². The van der Waals surface area contributed by atoms with Crippen molar-refractivity contribution < 1.29 is 29.3 Å². The molecule has 0 amide bonds.